The first-order chi connectivity index (χ1) is 7.98. The Morgan fingerprint density at radius 3 is 3.00 bits per heavy atom. The maximum atomic E-state index is 12.2. The molecule has 17 heavy (non-hydrogen) atoms. The number of nitrogens with two attached hydrogens (primary N) is 1. The van der Waals surface area contributed by atoms with Gasteiger partial charge < -0.3 is 15.4 Å². The van der Waals surface area contributed by atoms with Crippen LogP contribution in [0.1, 0.15) is 24.2 Å². The van der Waals surface area contributed by atoms with Crippen molar-refractivity contribution in [3.8, 4) is 0 Å². The van der Waals surface area contributed by atoms with Crippen LogP contribution in [0.25, 0.3) is 0 Å². The Hall–Kier alpha value is -1.62. The largest absolute Gasteiger partial charge is 0.384 e. The molecule has 1 fully saturated rings. The van der Waals surface area contributed by atoms with Gasteiger partial charge >= 0.3 is 0 Å². The lowest BCUT2D eigenvalue weighted by atomic mass is 10.1. The van der Waals surface area contributed by atoms with Gasteiger partial charge in [0.2, 0.25) is 0 Å². The van der Waals surface area contributed by atoms with E-state index in [2.05, 4.69) is 4.98 Å². The maximum absolute atomic E-state index is 12.2. The molecule has 2 heterocycles. The zero-order valence-electron chi connectivity index (χ0n) is 10.1. The van der Waals surface area contributed by atoms with Crippen molar-refractivity contribution >= 4 is 11.7 Å². The van der Waals surface area contributed by atoms with E-state index < -0.39 is 0 Å². The lowest BCUT2D eigenvalue weighted by molar-refractivity contribution is -0.0764. The number of hydrogen-bond donors (Lipinski definition) is 1. The summed E-state index contributed by atoms with van der Waals surface area (Å²) in [5.74, 6) is 0.346. The first-order valence-electron chi connectivity index (χ1n) is 5.63. The minimum Gasteiger partial charge on any atom is -0.384 e. The molecule has 0 saturated carbocycles. The van der Waals surface area contributed by atoms with Crippen molar-refractivity contribution in [1.82, 2.24) is 9.88 Å². The minimum atomic E-state index is -0.285. The molecular formula is C12H17N3O2. The molecule has 1 aromatic heterocycles. The Labute approximate surface area is 101 Å². The third-order valence-electron chi connectivity index (χ3n) is 2.74. The van der Waals surface area contributed by atoms with Crippen LogP contribution in [0.2, 0.25) is 0 Å². The summed E-state index contributed by atoms with van der Waals surface area (Å²) < 4.78 is 5.57. The molecule has 1 amide bonds. The number of carbonyl (C=O) groups is 1. The second-order valence-electron chi connectivity index (χ2n) is 4.80. The van der Waals surface area contributed by atoms with Crippen LogP contribution in [0.3, 0.4) is 0 Å². The van der Waals surface area contributed by atoms with Gasteiger partial charge in [-0.25, -0.2) is 4.98 Å². The predicted molar refractivity (Wildman–Crippen MR) is 64.6 cm³/mol. The number of nitrogens with zero attached hydrogens (tertiary/aromatic N) is 2. The fourth-order valence-electron chi connectivity index (χ4n) is 1.95. The summed E-state index contributed by atoms with van der Waals surface area (Å²) in [6.45, 7) is 5.73. The summed E-state index contributed by atoms with van der Waals surface area (Å²) in [6.07, 6.45) is 1.55. The number of aromatic nitrogens is 1. The van der Waals surface area contributed by atoms with Gasteiger partial charge in [0.05, 0.1) is 12.2 Å². The van der Waals surface area contributed by atoms with Gasteiger partial charge in [0.1, 0.15) is 5.82 Å². The van der Waals surface area contributed by atoms with Crippen molar-refractivity contribution in [3.05, 3.63) is 23.9 Å². The van der Waals surface area contributed by atoms with E-state index in [1.807, 2.05) is 13.8 Å². The topological polar surface area (TPSA) is 68.5 Å². The molecule has 0 bridgehead atoms. The average molecular weight is 235 g/mol. The highest BCUT2D eigenvalue weighted by atomic mass is 16.5. The van der Waals surface area contributed by atoms with Gasteiger partial charge in [-0.05, 0) is 26.0 Å². The SMILES string of the molecule is CC1(C)CN(C(=O)c2ccnc(N)c2)CCO1. The maximum Gasteiger partial charge on any atom is 0.254 e. The molecule has 0 atom stereocenters. The summed E-state index contributed by atoms with van der Waals surface area (Å²) in [5, 5.41) is 0. The number of carbonyl (C=O) groups excluding carboxylic acids is 1. The molecule has 1 aromatic rings. The second kappa shape index (κ2) is 4.33. The third kappa shape index (κ3) is 2.74. The van der Waals surface area contributed by atoms with E-state index in [0.29, 0.717) is 31.1 Å². The Bertz CT molecular complexity index is 432. The summed E-state index contributed by atoms with van der Waals surface area (Å²) in [6, 6.07) is 3.28. The van der Waals surface area contributed by atoms with Crippen LogP contribution in [-0.4, -0.2) is 41.1 Å². The Balaban J connectivity index is 2.15. The summed E-state index contributed by atoms with van der Waals surface area (Å²) in [4.78, 5) is 17.9. The average Bonchev–Trinajstić information content (AvgIpc) is 2.26. The van der Waals surface area contributed by atoms with Crippen LogP contribution in [0.4, 0.5) is 5.82 Å². The second-order valence-corrected chi connectivity index (χ2v) is 4.80. The lowest BCUT2D eigenvalue weighted by Gasteiger charge is -2.38. The highest BCUT2D eigenvalue weighted by molar-refractivity contribution is 5.94. The number of amides is 1. The summed E-state index contributed by atoms with van der Waals surface area (Å²) in [5.41, 5.74) is 5.87. The molecule has 0 aliphatic carbocycles. The highest BCUT2D eigenvalue weighted by Gasteiger charge is 2.30. The van der Waals surface area contributed by atoms with Crippen molar-refractivity contribution in [1.29, 1.82) is 0 Å². The number of morpholine rings is 1. The predicted octanol–water partition coefficient (Wildman–Crippen LogP) is 0.915. The van der Waals surface area contributed by atoms with Crippen molar-refractivity contribution < 1.29 is 9.53 Å². The van der Waals surface area contributed by atoms with Crippen molar-refractivity contribution in [2.24, 2.45) is 0 Å². The molecule has 0 radical (unpaired) electrons. The first-order valence-corrected chi connectivity index (χ1v) is 5.63. The number of anilines is 1. The number of rotatable bonds is 1. The normalized spacial score (nSPS) is 19.1. The smallest absolute Gasteiger partial charge is 0.254 e. The van der Waals surface area contributed by atoms with Gasteiger partial charge in [-0.2, -0.15) is 0 Å². The minimum absolute atomic E-state index is 0.0181. The molecule has 1 saturated heterocycles. The van der Waals surface area contributed by atoms with E-state index in [0.717, 1.165) is 0 Å². The third-order valence-corrected chi connectivity index (χ3v) is 2.74. The molecule has 0 unspecified atom stereocenters. The zero-order valence-corrected chi connectivity index (χ0v) is 10.1. The van der Waals surface area contributed by atoms with Gasteiger partial charge in [0.25, 0.3) is 5.91 Å². The van der Waals surface area contributed by atoms with Crippen LogP contribution in [-0.2, 0) is 4.74 Å². The van der Waals surface area contributed by atoms with E-state index in [-0.39, 0.29) is 11.5 Å². The standard InChI is InChI=1S/C12H17N3O2/c1-12(2)8-15(5-6-17-12)11(16)9-3-4-14-10(13)7-9/h3-4,7H,5-6,8H2,1-2H3,(H2,13,14). The fraction of sp³-hybridized carbons (Fsp3) is 0.500. The summed E-state index contributed by atoms with van der Waals surface area (Å²) in [7, 11) is 0. The van der Waals surface area contributed by atoms with Crippen LogP contribution < -0.4 is 5.73 Å². The van der Waals surface area contributed by atoms with Crippen molar-refractivity contribution in [2.45, 2.75) is 19.4 Å². The fourth-order valence-corrected chi connectivity index (χ4v) is 1.95. The van der Waals surface area contributed by atoms with Gasteiger partial charge in [-0.1, -0.05) is 0 Å². The zero-order chi connectivity index (χ0) is 12.5. The highest BCUT2D eigenvalue weighted by Crippen LogP contribution is 2.18. The molecular weight excluding hydrogens is 218 g/mol. The Morgan fingerprint density at radius 1 is 1.59 bits per heavy atom. The van der Waals surface area contributed by atoms with Gasteiger partial charge in [0, 0.05) is 24.8 Å². The monoisotopic (exact) mass is 235 g/mol. The number of hydrogen-bond acceptors (Lipinski definition) is 4. The molecule has 1 aliphatic rings. The van der Waals surface area contributed by atoms with E-state index in [9.17, 15) is 4.79 Å². The van der Waals surface area contributed by atoms with Gasteiger partial charge in [0.15, 0.2) is 0 Å². The molecule has 1 aliphatic heterocycles. The Kier molecular flexibility index (Phi) is 3.02. The van der Waals surface area contributed by atoms with Crippen LogP contribution in [0.5, 0.6) is 0 Å². The van der Waals surface area contributed by atoms with Gasteiger partial charge in [-0.3, -0.25) is 4.79 Å². The lowest BCUT2D eigenvalue weighted by Crippen LogP contribution is -2.50. The van der Waals surface area contributed by atoms with Crippen LogP contribution in [0, 0.1) is 0 Å². The number of pyridine rings is 1. The van der Waals surface area contributed by atoms with Crippen molar-refractivity contribution in [2.75, 3.05) is 25.4 Å². The Morgan fingerprint density at radius 2 is 2.35 bits per heavy atom. The van der Waals surface area contributed by atoms with E-state index in [1.54, 1.807) is 23.2 Å². The van der Waals surface area contributed by atoms with E-state index in [1.165, 1.54) is 0 Å². The number of ether oxygens (including phenoxy) is 1. The van der Waals surface area contributed by atoms with Crippen LogP contribution >= 0.6 is 0 Å². The molecule has 2 N–H and O–H groups in total. The molecule has 2 rings (SSSR count). The summed E-state index contributed by atoms with van der Waals surface area (Å²) >= 11 is 0. The number of nitrogen functional groups attached to an aromatic ring is 1. The molecule has 5 nitrogen and oxygen atoms in total. The van der Waals surface area contributed by atoms with Gasteiger partial charge in [-0.15, -0.1) is 0 Å². The van der Waals surface area contributed by atoms with Crippen LogP contribution in [0.15, 0.2) is 18.3 Å². The van der Waals surface area contributed by atoms with E-state index in [4.69, 9.17) is 10.5 Å². The van der Waals surface area contributed by atoms with E-state index >= 15 is 0 Å². The molecule has 92 valence electrons. The molecule has 0 aromatic carbocycles. The van der Waals surface area contributed by atoms with Crippen molar-refractivity contribution in [3.63, 3.8) is 0 Å². The molecule has 0 spiro atoms. The molecule has 5 heteroatoms. The first kappa shape index (κ1) is 11.9. The quantitative estimate of drug-likeness (QED) is 0.785.